The summed E-state index contributed by atoms with van der Waals surface area (Å²) in [5.74, 6) is -0.295. The summed E-state index contributed by atoms with van der Waals surface area (Å²) in [5, 5.41) is 0. The van der Waals surface area contributed by atoms with Crippen LogP contribution in [0.5, 0.6) is 0 Å². The molecule has 2 heterocycles. The SMILES string of the molecule is COC(=O)C1C2CC(CN2C(=O)OC(C)(C)C)N1Cc1ccccc1. The summed E-state index contributed by atoms with van der Waals surface area (Å²) in [5.41, 5.74) is 0.594. The first-order valence-corrected chi connectivity index (χ1v) is 8.67. The lowest BCUT2D eigenvalue weighted by atomic mass is 10.1. The lowest BCUT2D eigenvalue weighted by Crippen LogP contribution is -2.58. The number of esters is 1. The van der Waals surface area contributed by atoms with Gasteiger partial charge < -0.3 is 14.4 Å². The van der Waals surface area contributed by atoms with Gasteiger partial charge in [-0.15, -0.1) is 0 Å². The number of carbonyl (C=O) groups is 2. The predicted octanol–water partition coefficient (Wildman–Crippen LogP) is 2.42. The molecule has 6 heteroatoms. The average Bonchev–Trinajstić information content (AvgIpc) is 3.12. The summed E-state index contributed by atoms with van der Waals surface area (Å²) >= 11 is 0. The lowest BCUT2D eigenvalue weighted by molar-refractivity contribution is -0.149. The highest BCUT2D eigenvalue weighted by molar-refractivity contribution is 5.80. The van der Waals surface area contributed by atoms with Crippen LogP contribution in [0.2, 0.25) is 0 Å². The van der Waals surface area contributed by atoms with Crippen molar-refractivity contribution in [3.05, 3.63) is 35.9 Å². The molecule has 0 spiro atoms. The molecule has 3 unspecified atom stereocenters. The second-order valence-electron chi connectivity index (χ2n) is 7.72. The first-order chi connectivity index (χ1) is 11.8. The molecule has 3 atom stereocenters. The standard InChI is InChI=1S/C19H26N2O4/c1-19(2,3)25-18(23)21-12-14-10-15(21)16(17(22)24-4)20(14)11-13-8-6-5-7-9-13/h5-9,14-16H,10-12H2,1-4H3. The summed E-state index contributed by atoms with van der Waals surface area (Å²) in [6, 6.07) is 9.54. The van der Waals surface area contributed by atoms with Crippen molar-refractivity contribution < 1.29 is 19.1 Å². The van der Waals surface area contributed by atoms with E-state index in [2.05, 4.69) is 4.90 Å². The minimum Gasteiger partial charge on any atom is -0.468 e. The molecule has 0 aromatic heterocycles. The van der Waals surface area contributed by atoms with Crippen molar-refractivity contribution in [3.8, 4) is 0 Å². The highest BCUT2D eigenvalue weighted by Gasteiger charge is 2.55. The number of benzene rings is 1. The molecule has 1 amide bonds. The average molecular weight is 346 g/mol. The second kappa shape index (κ2) is 6.67. The van der Waals surface area contributed by atoms with Gasteiger partial charge in [0.2, 0.25) is 0 Å². The van der Waals surface area contributed by atoms with E-state index in [1.54, 1.807) is 4.90 Å². The number of likely N-dealkylation sites (tertiary alicyclic amines) is 2. The molecule has 1 aromatic rings. The van der Waals surface area contributed by atoms with E-state index in [0.29, 0.717) is 13.1 Å². The zero-order valence-corrected chi connectivity index (χ0v) is 15.3. The minimum atomic E-state index is -0.552. The van der Waals surface area contributed by atoms with Crippen molar-refractivity contribution in [1.29, 1.82) is 0 Å². The molecule has 3 rings (SSSR count). The molecule has 2 saturated heterocycles. The number of hydrogen-bond acceptors (Lipinski definition) is 5. The Balaban J connectivity index is 1.78. The van der Waals surface area contributed by atoms with Gasteiger partial charge in [0.1, 0.15) is 11.6 Å². The molecule has 2 fully saturated rings. The Morgan fingerprint density at radius 2 is 1.88 bits per heavy atom. The van der Waals surface area contributed by atoms with Crippen molar-refractivity contribution >= 4 is 12.1 Å². The third-order valence-corrected chi connectivity index (χ3v) is 4.79. The number of methoxy groups -OCH3 is 1. The van der Waals surface area contributed by atoms with Gasteiger partial charge in [-0.25, -0.2) is 4.79 Å². The number of piperazine rings is 1. The van der Waals surface area contributed by atoms with Crippen molar-refractivity contribution in [2.24, 2.45) is 0 Å². The molecule has 25 heavy (non-hydrogen) atoms. The summed E-state index contributed by atoms with van der Waals surface area (Å²) in [6.07, 6.45) is 0.416. The lowest BCUT2D eigenvalue weighted by Gasteiger charge is -2.39. The normalized spacial score (nSPS) is 25.9. The number of nitrogens with zero attached hydrogens (tertiary/aromatic N) is 2. The number of ether oxygens (including phenoxy) is 2. The van der Waals surface area contributed by atoms with Crippen LogP contribution >= 0.6 is 0 Å². The second-order valence-corrected chi connectivity index (χ2v) is 7.72. The van der Waals surface area contributed by atoms with E-state index in [4.69, 9.17) is 9.47 Å². The molecule has 0 saturated carbocycles. The van der Waals surface area contributed by atoms with E-state index < -0.39 is 11.6 Å². The molecule has 136 valence electrons. The molecule has 2 aliphatic rings. The Hall–Kier alpha value is -2.08. The van der Waals surface area contributed by atoms with E-state index in [1.165, 1.54) is 7.11 Å². The number of hydrogen-bond donors (Lipinski definition) is 0. The highest BCUT2D eigenvalue weighted by Crippen LogP contribution is 2.38. The number of carbonyl (C=O) groups excluding carboxylic acids is 2. The molecule has 0 aliphatic carbocycles. The monoisotopic (exact) mass is 346 g/mol. The molecule has 2 bridgehead atoms. The number of rotatable bonds is 3. The zero-order chi connectivity index (χ0) is 18.2. The van der Waals surface area contributed by atoms with Crippen molar-refractivity contribution in [1.82, 2.24) is 9.80 Å². The van der Waals surface area contributed by atoms with Gasteiger partial charge in [-0.2, -0.15) is 0 Å². The van der Waals surface area contributed by atoms with Crippen molar-refractivity contribution in [2.45, 2.75) is 57.5 Å². The zero-order valence-electron chi connectivity index (χ0n) is 15.3. The van der Waals surface area contributed by atoms with Gasteiger partial charge in [0, 0.05) is 19.1 Å². The molecule has 0 N–H and O–H groups in total. The Morgan fingerprint density at radius 1 is 1.20 bits per heavy atom. The molecule has 0 radical (unpaired) electrons. The summed E-state index contributed by atoms with van der Waals surface area (Å²) in [4.78, 5) is 28.8. The molecule has 2 aliphatic heterocycles. The van der Waals surface area contributed by atoms with E-state index in [9.17, 15) is 9.59 Å². The number of amides is 1. The van der Waals surface area contributed by atoms with Crippen molar-refractivity contribution in [2.75, 3.05) is 13.7 Å². The minimum absolute atomic E-state index is 0.141. The van der Waals surface area contributed by atoms with E-state index >= 15 is 0 Å². The summed E-state index contributed by atoms with van der Waals surface area (Å²) < 4.78 is 10.5. The maximum absolute atomic E-state index is 12.5. The fourth-order valence-electron chi connectivity index (χ4n) is 3.80. The molecule has 6 nitrogen and oxygen atoms in total. The van der Waals surface area contributed by atoms with Crippen LogP contribution < -0.4 is 0 Å². The highest BCUT2D eigenvalue weighted by atomic mass is 16.6. The topological polar surface area (TPSA) is 59.1 Å². The van der Waals surface area contributed by atoms with E-state index in [-0.39, 0.29) is 24.1 Å². The Kier molecular flexibility index (Phi) is 4.73. The largest absolute Gasteiger partial charge is 0.468 e. The van der Waals surface area contributed by atoms with Gasteiger partial charge in [-0.3, -0.25) is 9.69 Å². The fraction of sp³-hybridized carbons (Fsp3) is 0.579. The summed E-state index contributed by atoms with van der Waals surface area (Å²) in [6.45, 7) is 6.79. The van der Waals surface area contributed by atoms with Gasteiger partial charge in [-0.05, 0) is 32.8 Å². The van der Waals surface area contributed by atoms with Crippen LogP contribution in [0, 0.1) is 0 Å². The van der Waals surface area contributed by atoms with E-state index in [1.807, 2.05) is 51.1 Å². The quantitative estimate of drug-likeness (QED) is 0.787. The fourth-order valence-corrected chi connectivity index (χ4v) is 3.80. The Bertz CT molecular complexity index is 641. The maximum Gasteiger partial charge on any atom is 0.410 e. The van der Waals surface area contributed by atoms with Crippen LogP contribution in [0.3, 0.4) is 0 Å². The molecular formula is C19H26N2O4. The van der Waals surface area contributed by atoms with Crippen LogP contribution in [0.15, 0.2) is 30.3 Å². The van der Waals surface area contributed by atoms with Crippen LogP contribution in [-0.4, -0.2) is 59.2 Å². The third-order valence-electron chi connectivity index (χ3n) is 4.79. The van der Waals surface area contributed by atoms with Crippen LogP contribution in [-0.2, 0) is 20.8 Å². The van der Waals surface area contributed by atoms with Gasteiger partial charge in [0.25, 0.3) is 0 Å². The van der Waals surface area contributed by atoms with Gasteiger partial charge in [0.15, 0.2) is 0 Å². The van der Waals surface area contributed by atoms with Crippen LogP contribution in [0.4, 0.5) is 4.79 Å². The third kappa shape index (κ3) is 3.63. The smallest absolute Gasteiger partial charge is 0.410 e. The molecule has 1 aromatic carbocycles. The van der Waals surface area contributed by atoms with Gasteiger partial charge >= 0.3 is 12.1 Å². The van der Waals surface area contributed by atoms with E-state index in [0.717, 1.165) is 12.0 Å². The predicted molar refractivity (Wildman–Crippen MR) is 92.9 cm³/mol. The summed E-state index contributed by atoms with van der Waals surface area (Å²) in [7, 11) is 1.40. The van der Waals surface area contributed by atoms with Gasteiger partial charge in [-0.1, -0.05) is 30.3 Å². The first kappa shape index (κ1) is 17.7. The Morgan fingerprint density at radius 3 is 2.48 bits per heavy atom. The number of fused-ring (bicyclic) bond motifs is 2. The van der Waals surface area contributed by atoms with Crippen molar-refractivity contribution in [3.63, 3.8) is 0 Å². The van der Waals surface area contributed by atoms with Crippen LogP contribution in [0.25, 0.3) is 0 Å². The maximum atomic E-state index is 12.5. The molecular weight excluding hydrogens is 320 g/mol. The first-order valence-electron chi connectivity index (χ1n) is 8.67. The van der Waals surface area contributed by atoms with Gasteiger partial charge in [0.05, 0.1) is 13.2 Å². The van der Waals surface area contributed by atoms with Crippen LogP contribution in [0.1, 0.15) is 32.8 Å². The Labute approximate surface area is 148 Å².